The lowest BCUT2D eigenvalue weighted by atomic mass is 9.81. The van der Waals surface area contributed by atoms with Gasteiger partial charge in [0.1, 0.15) is 0 Å². The molecular formula is C13H17BrN2O. The molecule has 1 aromatic rings. The molecule has 1 aromatic heterocycles. The molecular weight excluding hydrogens is 280 g/mol. The van der Waals surface area contributed by atoms with Gasteiger partial charge in [-0.05, 0) is 45.8 Å². The van der Waals surface area contributed by atoms with Gasteiger partial charge in [0.15, 0.2) is 0 Å². The highest BCUT2D eigenvalue weighted by Crippen LogP contribution is 2.36. The molecule has 1 heterocycles. The van der Waals surface area contributed by atoms with E-state index in [4.69, 9.17) is 0 Å². The lowest BCUT2D eigenvalue weighted by molar-refractivity contribution is -0.121. The van der Waals surface area contributed by atoms with Gasteiger partial charge in [-0.2, -0.15) is 0 Å². The maximum atomic E-state index is 11.6. The van der Waals surface area contributed by atoms with Gasteiger partial charge in [-0.1, -0.05) is 13.8 Å². The predicted octanol–water partition coefficient (Wildman–Crippen LogP) is 2.99. The predicted molar refractivity (Wildman–Crippen MR) is 70.6 cm³/mol. The van der Waals surface area contributed by atoms with Crippen LogP contribution < -0.4 is 5.32 Å². The quantitative estimate of drug-likeness (QED) is 0.912. The van der Waals surface area contributed by atoms with E-state index < -0.39 is 0 Å². The second-order valence-corrected chi connectivity index (χ2v) is 5.46. The molecule has 0 aromatic carbocycles. The van der Waals surface area contributed by atoms with E-state index in [9.17, 15) is 4.79 Å². The molecule has 0 radical (unpaired) electrons. The Morgan fingerprint density at radius 2 is 2.35 bits per heavy atom. The fourth-order valence-electron chi connectivity index (χ4n) is 2.35. The number of carbonyl (C=O) groups excluding carboxylic acids is 1. The highest BCUT2D eigenvalue weighted by atomic mass is 79.9. The van der Waals surface area contributed by atoms with Crippen molar-refractivity contribution in [1.82, 2.24) is 10.3 Å². The molecule has 0 bridgehead atoms. The van der Waals surface area contributed by atoms with Gasteiger partial charge in [0.05, 0.1) is 6.04 Å². The standard InChI is InChI=1S/C13H17BrN2O/c1-3-12(17)16-13-8(2)4-5-9-10(13)6-15-7-11(9)14/h6-8,13H,3-5H2,1-2H3,(H,16,17)/t8-,13-/m1/s1. The topological polar surface area (TPSA) is 42.0 Å². The number of amides is 1. The van der Waals surface area contributed by atoms with Crippen molar-refractivity contribution in [3.8, 4) is 0 Å². The molecule has 1 N–H and O–H groups in total. The largest absolute Gasteiger partial charge is 0.349 e. The maximum absolute atomic E-state index is 11.6. The fourth-order valence-corrected chi connectivity index (χ4v) is 2.89. The lowest BCUT2D eigenvalue weighted by Gasteiger charge is -2.32. The van der Waals surface area contributed by atoms with Gasteiger partial charge in [-0.15, -0.1) is 0 Å². The Morgan fingerprint density at radius 1 is 1.59 bits per heavy atom. The zero-order valence-electron chi connectivity index (χ0n) is 10.2. The van der Waals surface area contributed by atoms with Gasteiger partial charge in [-0.3, -0.25) is 9.78 Å². The summed E-state index contributed by atoms with van der Waals surface area (Å²) in [6.45, 7) is 4.06. The first-order chi connectivity index (χ1) is 8.13. The number of nitrogens with one attached hydrogen (secondary N) is 1. The van der Waals surface area contributed by atoms with Crippen LogP contribution in [-0.4, -0.2) is 10.9 Å². The van der Waals surface area contributed by atoms with Crippen LogP contribution in [0.3, 0.4) is 0 Å². The Morgan fingerprint density at radius 3 is 3.06 bits per heavy atom. The molecule has 0 aliphatic heterocycles. The zero-order valence-corrected chi connectivity index (χ0v) is 11.8. The second kappa shape index (κ2) is 5.17. The van der Waals surface area contributed by atoms with E-state index in [0.717, 1.165) is 17.3 Å². The van der Waals surface area contributed by atoms with Gasteiger partial charge >= 0.3 is 0 Å². The summed E-state index contributed by atoms with van der Waals surface area (Å²) in [5.41, 5.74) is 2.46. The SMILES string of the molecule is CCC(=O)N[C@H]1c2cncc(Br)c2CC[C@H]1C. The Hall–Kier alpha value is -0.900. The summed E-state index contributed by atoms with van der Waals surface area (Å²) >= 11 is 3.54. The number of fused-ring (bicyclic) bond motifs is 1. The third-order valence-corrected chi connectivity index (χ3v) is 4.11. The van der Waals surface area contributed by atoms with E-state index in [1.165, 1.54) is 11.1 Å². The third-order valence-electron chi connectivity index (χ3n) is 3.43. The minimum atomic E-state index is 0.106. The average Bonchev–Trinajstić information content (AvgIpc) is 2.33. The molecule has 0 spiro atoms. The third kappa shape index (κ3) is 2.51. The summed E-state index contributed by atoms with van der Waals surface area (Å²) in [5, 5.41) is 3.10. The minimum absolute atomic E-state index is 0.106. The van der Waals surface area contributed by atoms with Crippen molar-refractivity contribution >= 4 is 21.8 Å². The monoisotopic (exact) mass is 296 g/mol. The van der Waals surface area contributed by atoms with E-state index in [1.807, 2.05) is 19.3 Å². The number of nitrogens with zero attached hydrogens (tertiary/aromatic N) is 1. The van der Waals surface area contributed by atoms with Crippen molar-refractivity contribution in [3.05, 3.63) is 28.0 Å². The van der Waals surface area contributed by atoms with Gasteiger partial charge in [0, 0.05) is 23.3 Å². The molecule has 4 heteroatoms. The number of halogens is 1. The summed E-state index contributed by atoms with van der Waals surface area (Å²) in [4.78, 5) is 15.8. The Balaban J connectivity index is 2.33. The van der Waals surface area contributed by atoms with Crippen LogP contribution in [0.15, 0.2) is 16.9 Å². The summed E-state index contributed by atoms with van der Waals surface area (Å²) in [5.74, 6) is 0.573. The molecule has 2 rings (SSSR count). The highest BCUT2D eigenvalue weighted by molar-refractivity contribution is 9.10. The van der Waals surface area contributed by atoms with Gasteiger partial charge in [0.2, 0.25) is 5.91 Å². The van der Waals surface area contributed by atoms with Gasteiger partial charge < -0.3 is 5.32 Å². The molecule has 1 amide bonds. The van der Waals surface area contributed by atoms with Crippen LogP contribution in [0.1, 0.15) is 43.9 Å². The number of carbonyl (C=O) groups is 1. The molecule has 0 fully saturated rings. The molecule has 0 saturated carbocycles. The first kappa shape index (κ1) is 12.6. The van der Waals surface area contributed by atoms with Crippen LogP contribution in [0.2, 0.25) is 0 Å². The van der Waals surface area contributed by atoms with E-state index in [1.54, 1.807) is 0 Å². The number of hydrogen-bond acceptors (Lipinski definition) is 2. The molecule has 3 nitrogen and oxygen atoms in total. The van der Waals surface area contributed by atoms with Crippen LogP contribution in [0, 0.1) is 5.92 Å². The molecule has 0 saturated heterocycles. The molecule has 1 aliphatic rings. The number of rotatable bonds is 2. The number of hydrogen-bond donors (Lipinski definition) is 1. The van der Waals surface area contributed by atoms with E-state index in [-0.39, 0.29) is 11.9 Å². The Labute approximate surface area is 110 Å². The summed E-state index contributed by atoms with van der Waals surface area (Å²) in [6.07, 6.45) is 6.40. The van der Waals surface area contributed by atoms with Gasteiger partial charge in [-0.25, -0.2) is 0 Å². The van der Waals surface area contributed by atoms with Crippen molar-refractivity contribution in [2.24, 2.45) is 5.92 Å². The molecule has 1 aliphatic carbocycles. The summed E-state index contributed by atoms with van der Waals surface area (Å²) in [6, 6.07) is 0.108. The Bertz CT molecular complexity index is 433. The van der Waals surface area contributed by atoms with Crippen molar-refractivity contribution in [2.45, 2.75) is 39.2 Å². The zero-order chi connectivity index (χ0) is 12.4. The fraction of sp³-hybridized carbons (Fsp3) is 0.538. The summed E-state index contributed by atoms with van der Waals surface area (Å²) < 4.78 is 1.05. The van der Waals surface area contributed by atoms with Crippen LogP contribution in [0.5, 0.6) is 0 Å². The smallest absolute Gasteiger partial charge is 0.220 e. The van der Waals surface area contributed by atoms with Crippen LogP contribution in [0.25, 0.3) is 0 Å². The number of aromatic nitrogens is 1. The van der Waals surface area contributed by atoms with Crippen LogP contribution in [0.4, 0.5) is 0 Å². The van der Waals surface area contributed by atoms with E-state index >= 15 is 0 Å². The molecule has 92 valence electrons. The second-order valence-electron chi connectivity index (χ2n) is 4.60. The van der Waals surface area contributed by atoms with Crippen molar-refractivity contribution < 1.29 is 4.79 Å². The minimum Gasteiger partial charge on any atom is -0.349 e. The van der Waals surface area contributed by atoms with Gasteiger partial charge in [0.25, 0.3) is 0 Å². The Kier molecular flexibility index (Phi) is 3.82. The van der Waals surface area contributed by atoms with Crippen molar-refractivity contribution in [3.63, 3.8) is 0 Å². The lowest BCUT2D eigenvalue weighted by Crippen LogP contribution is -2.35. The highest BCUT2D eigenvalue weighted by Gasteiger charge is 2.28. The maximum Gasteiger partial charge on any atom is 0.220 e. The first-order valence-corrected chi connectivity index (χ1v) is 6.84. The molecule has 0 unspecified atom stereocenters. The van der Waals surface area contributed by atoms with Crippen LogP contribution >= 0.6 is 15.9 Å². The normalized spacial score (nSPS) is 23.0. The molecule has 2 atom stereocenters. The summed E-state index contributed by atoms with van der Waals surface area (Å²) in [7, 11) is 0. The average molecular weight is 297 g/mol. The molecule has 17 heavy (non-hydrogen) atoms. The van der Waals surface area contributed by atoms with Crippen molar-refractivity contribution in [2.75, 3.05) is 0 Å². The van der Waals surface area contributed by atoms with E-state index in [2.05, 4.69) is 33.2 Å². The number of pyridine rings is 1. The van der Waals surface area contributed by atoms with E-state index in [0.29, 0.717) is 12.3 Å². The van der Waals surface area contributed by atoms with Crippen LogP contribution in [-0.2, 0) is 11.2 Å². The van der Waals surface area contributed by atoms with Crippen molar-refractivity contribution in [1.29, 1.82) is 0 Å². The first-order valence-electron chi connectivity index (χ1n) is 6.05.